The number of anilines is 1. The number of alkyl halides is 3. The summed E-state index contributed by atoms with van der Waals surface area (Å²) in [6, 6.07) is 8.07. The van der Waals surface area contributed by atoms with Crippen molar-refractivity contribution in [2.45, 2.75) is 6.18 Å². The van der Waals surface area contributed by atoms with E-state index in [2.05, 4.69) is 10.9 Å². The minimum absolute atomic E-state index is 0.0792. The fraction of sp³-hybridized carbons (Fsp3) is 0.0667. The van der Waals surface area contributed by atoms with Crippen LogP contribution in [0.15, 0.2) is 36.4 Å². The molecule has 2 aromatic carbocycles. The highest BCUT2D eigenvalue weighted by molar-refractivity contribution is 14.1. The fourth-order valence-corrected chi connectivity index (χ4v) is 2.31. The highest BCUT2D eigenvalue weighted by atomic mass is 127. The third-order valence-electron chi connectivity index (χ3n) is 2.95. The number of carbonyl (C=O) groups excluding carboxylic acids is 1. The Labute approximate surface area is 147 Å². The number of nitriles is 1. The number of amides is 1. The van der Waals surface area contributed by atoms with Crippen molar-refractivity contribution >= 4 is 34.2 Å². The standard InChI is InChI=1S/C15H8F4IN3O/c16-11-3-2-9(6-12(11)20)14(24)23-22-13-4-1-8(7-21)5-10(13)15(17,18)19/h1-6,22H,(H,23,24). The molecular formula is C15H8F4IN3O. The van der Waals surface area contributed by atoms with Crippen LogP contribution in [0.1, 0.15) is 21.5 Å². The summed E-state index contributed by atoms with van der Waals surface area (Å²) in [5.74, 6) is -1.24. The molecule has 0 aliphatic rings. The van der Waals surface area contributed by atoms with Gasteiger partial charge in [0, 0.05) is 9.13 Å². The lowest BCUT2D eigenvalue weighted by Crippen LogP contribution is -2.30. The van der Waals surface area contributed by atoms with Gasteiger partial charge in [-0.05, 0) is 59.0 Å². The molecule has 0 saturated heterocycles. The minimum atomic E-state index is -4.70. The molecule has 0 radical (unpaired) electrons. The highest BCUT2D eigenvalue weighted by Gasteiger charge is 2.34. The van der Waals surface area contributed by atoms with E-state index >= 15 is 0 Å². The monoisotopic (exact) mass is 449 g/mol. The van der Waals surface area contributed by atoms with Crippen molar-refractivity contribution in [2.75, 3.05) is 5.43 Å². The first-order chi connectivity index (χ1) is 11.2. The van der Waals surface area contributed by atoms with Crippen LogP contribution in [0, 0.1) is 20.7 Å². The van der Waals surface area contributed by atoms with Crippen LogP contribution in [-0.4, -0.2) is 5.91 Å². The van der Waals surface area contributed by atoms with Crippen LogP contribution in [0.3, 0.4) is 0 Å². The lowest BCUT2D eigenvalue weighted by atomic mass is 10.1. The van der Waals surface area contributed by atoms with E-state index in [1.165, 1.54) is 18.2 Å². The molecule has 0 atom stereocenters. The van der Waals surface area contributed by atoms with Gasteiger partial charge in [0.05, 0.1) is 22.9 Å². The smallest absolute Gasteiger partial charge is 0.298 e. The van der Waals surface area contributed by atoms with E-state index in [0.29, 0.717) is 6.07 Å². The number of hydrogen-bond acceptors (Lipinski definition) is 3. The van der Waals surface area contributed by atoms with E-state index in [1.54, 1.807) is 28.7 Å². The van der Waals surface area contributed by atoms with Crippen LogP contribution in [0.4, 0.5) is 23.2 Å². The SMILES string of the molecule is N#Cc1ccc(NNC(=O)c2ccc(F)c(I)c2)c(C(F)(F)F)c1. The number of nitrogens with zero attached hydrogens (tertiary/aromatic N) is 1. The van der Waals surface area contributed by atoms with Gasteiger partial charge in [0.15, 0.2) is 0 Å². The molecule has 124 valence electrons. The lowest BCUT2D eigenvalue weighted by molar-refractivity contribution is -0.137. The topological polar surface area (TPSA) is 64.9 Å². The summed E-state index contributed by atoms with van der Waals surface area (Å²) in [6.45, 7) is 0. The van der Waals surface area contributed by atoms with Gasteiger partial charge in [-0.3, -0.25) is 15.6 Å². The van der Waals surface area contributed by atoms with E-state index in [9.17, 15) is 22.4 Å². The van der Waals surface area contributed by atoms with Gasteiger partial charge in [-0.1, -0.05) is 0 Å². The minimum Gasteiger partial charge on any atom is -0.298 e. The molecule has 2 aromatic rings. The Kier molecular flexibility index (Phi) is 5.28. The molecule has 0 saturated carbocycles. The van der Waals surface area contributed by atoms with Crippen LogP contribution in [-0.2, 0) is 6.18 Å². The largest absolute Gasteiger partial charge is 0.418 e. The average molecular weight is 449 g/mol. The number of benzene rings is 2. The van der Waals surface area contributed by atoms with E-state index in [0.717, 1.165) is 12.1 Å². The zero-order valence-electron chi connectivity index (χ0n) is 11.7. The van der Waals surface area contributed by atoms with Gasteiger partial charge in [-0.25, -0.2) is 4.39 Å². The Morgan fingerprint density at radius 2 is 1.88 bits per heavy atom. The first kappa shape index (κ1) is 18.0. The number of hydrazine groups is 1. The summed E-state index contributed by atoms with van der Waals surface area (Å²) in [4.78, 5) is 11.9. The summed E-state index contributed by atoms with van der Waals surface area (Å²) in [5.41, 5.74) is 2.71. The van der Waals surface area contributed by atoms with Crippen LogP contribution in [0.2, 0.25) is 0 Å². The second-order valence-corrected chi connectivity index (χ2v) is 5.74. The van der Waals surface area contributed by atoms with E-state index in [1.807, 2.05) is 0 Å². The van der Waals surface area contributed by atoms with Crippen LogP contribution >= 0.6 is 22.6 Å². The second kappa shape index (κ2) is 7.04. The molecule has 0 fully saturated rings. The third-order valence-corrected chi connectivity index (χ3v) is 3.77. The zero-order chi connectivity index (χ0) is 17.9. The van der Waals surface area contributed by atoms with Crippen LogP contribution < -0.4 is 10.9 Å². The Hall–Kier alpha value is -2.35. The summed E-state index contributed by atoms with van der Waals surface area (Å²) < 4.78 is 52.4. The molecule has 2 N–H and O–H groups in total. The lowest BCUT2D eigenvalue weighted by Gasteiger charge is -2.15. The molecule has 0 unspecified atom stereocenters. The molecular weight excluding hydrogens is 441 g/mol. The average Bonchev–Trinajstić information content (AvgIpc) is 2.54. The van der Waals surface area contributed by atoms with Gasteiger partial charge in [0.1, 0.15) is 5.82 Å². The van der Waals surface area contributed by atoms with Gasteiger partial charge in [-0.15, -0.1) is 0 Å². The Morgan fingerprint density at radius 1 is 1.17 bits per heavy atom. The molecule has 1 amide bonds. The number of carbonyl (C=O) groups is 1. The molecule has 0 spiro atoms. The quantitative estimate of drug-likeness (QED) is 0.422. The van der Waals surface area contributed by atoms with Gasteiger partial charge < -0.3 is 0 Å². The predicted molar refractivity (Wildman–Crippen MR) is 86.4 cm³/mol. The molecule has 0 aromatic heterocycles. The van der Waals surface area contributed by atoms with Gasteiger partial charge in [0.2, 0.25) is 0 Å². The summed E-state index contributed by atoms with van der Waals surface area (Å²) in [7, 11) is 0. The molecule has 9 heteroatoms. The molecule has 0 bridgehead atoms. The summed E-state index contributed by atoms with van der Waals surface area (Å²) in [5, 5.41) is 8.70. The van der Waals surface area contributed by atoms with Gasteiger partial charge in [0.25, 0.3) is 5.91 Å². The molecule has 0 aliphatic carbocycles. The molecule has 0 heterocycles. The number of hydrogen-bond donors (Lipinski definition) is 2. The Morgan fingerprint density at radius 3 is 2.46 bits per heavy atom. The first-order valence-electron chi connectivity index (χ1n) is 6.35. The maximum absolute atomic E-state index is 13.2. The normalized spacial score (nSPS) is 10.8. The maximum atomic E-state index is 13.2. The van der Waals surface area contributed by atoms with Crippen LogP contribution in [0.25, 0.3) is 0 Å². The summed E-state index contributed by atoms with van der Waals surface area (Å²) >= 11 is 1.69. The van der Waals surface area contributed by atoms with Crippen molar-refractivity contribution in [3.63, 3.8) is 0 Å². The van der Waals surface area contributed by atoms with Crippen LogP contribution in [0.5, 0.6) is 0 Å². The molecule has 0 aliphatic heterocycles. The van der Waals surface area contributed by atoms with E-state index in [4.69, 9.17) is 5.26 Å². The third kappa shape index (κ3) is 4.14. The van der Waals surface area contributed by atoms with Crippen molar-refractivity contribution in [1.82, 2.24) is 5.43 Å². The number of halogens is 5. The Balaban J connectivity index is 2.21. The maximum Gasteiger partial charge on any atom is 0.418 e. The van der Waals surface area contributed by atoms with E-state index in [-0.39, 0.29) is 14.7 Å². The molecule has 2 rings (SSSR count). The fourth-order valence-electron chi connectivity index (χ4n) is 1.79. The van der Waals surface area contributed by atoms with Crippen molar-refractivity contribution < 1.29 is 22.4 Å². The molecule has 24 heavy (non-hydrogen) atoms. The number of rotatable bonds is 3. The van der Waals surface area contributed by atoms with Crippen molar-refractivity contribution in [3.05, 3.63) is 62.5 Å². The second-order valence-electron chi connectivity index (χ2n) is 4.58. The van der Waals surface area contributed by atoms with E-state index < -0.39 is 29.2 Å². The zero-order valence-corrected chi connectivity index (χ0v) is 13.9. The summed E-state index contributed by atoms with van der Waals surface area (Å²) in [6.07, 6.45) is -4.70. The van der Waals surface area contributed by atoms with Crippen molar-refractivity contribution in [1.29, 1.82) is 5.26 Å². The highest BCUT2D eigenvalue weighted by Crippen LogP contribution is 2.35. The van der Waals surface area contributed by atoms with Gasteiger partial charge >= 0.3 is 6.18 Å². The molecule has 4 nitrogen and oxygen atoms in total. The predicted octanol–water partition coefficient (Wildman–Crippen LogP) is 4.08. The van der Waals surface area contributed by atoms with Gasteiger partial charge in [-0.2, -0.15) is 18.4 Å². The number of nitrogens with one attached hydrogen (secondary N) is 2. The Bertz CT molecular complexity index is 830. The van der Waals surface area contributed by atoms with Crippen molar-refractivity contribution in [3.8, 4) is 6.07 Å². The first-order valence-corrected chi connectivity index (χ1v) is 7.43. The van der Waals surface area contributed by atoms with Crippen molar-refractivity contribution in [2.24, 2.45) is 0 Å².